The Morgan fingerprint density at radius 3 is 2.54 bits per heavy atom. The first-order valence-electron chi connectivity index (χ1n) is 7.10. The summed E-state index contributed by atoms with van der Waals surface area (Å²) in [5.41, 5.74) is -0.966. The van der Waals surface area contributed by atoms with E-state index in [1.165, 1.54) is 30.7 Å². The second-order valence-corrected chi connectivity index (χ2v) is 6.88. The monoisotopic (exact) mass is 384 g/mol. The molecular weight excluding hydrogens is 373 g/mol. The van der Waals surface area contributed by atoms with Crippen molar-refractivity contribution in [3.05, 3.63) is 60.5 Å². The lowest BCUT2D eigenvalue weighted by Crippen LogP contribution is -2.15. The molecular formula is C16H11F3N2O4S. The summed E-state index contributed by atoms with van der Waals surface area (Å²) in [5, 5.41) is 9.61. The molecule has 0 aliphatic rings. The number of halogens is 3. The minimum Gasteiger partial charge on any atom is -0.508 e. The van der Waals surface area contributed by atoms with E-state index in [2.05, 4.69) is 9.71 Å². The first-order chi connectivity index (χ1) is 12.2. The second-order valence-electron chi connectivity index (χ2n) is 5.20. The lowest BCUT2D eigenvalue weighted by molar-refractivity contribution is -0.137. The van der Waals surface area contributed by atoms with Crippen molar-refractivity contribution in [1.29, 1.82) is 0 Å². The van der Waals surface area contributed by atoms with Crippen molar-refractivity contribution in [2.75, 3.05) is 4.72 Å². The topological polar surface area (TPSA) is 92.4 Å². The highest BCUT2D eigenvalue weighted by Crippen LogP contribution is 2.33. The van der Waals surface area contributed by atoms with Crippen LogP contribution in [0.2, 0.25) is 0 Å². The highest BCUT2D eigenvalue weighted by Gasteiger charge is 2.31. The van der Waals surface area contributed by atoms with Gasteiger partial charge in [-0.15, -0.1) is 0 Å². The van der Waals surface area contributed by atoms with E-state index in [0.717, 1.165) is 18.2 Å². The molecule has 0 saturated carbocycles. The fourth-order valence-corrected chi connectivity index (χ4v) is 3.32. The van der Waals surface area contributed by atoms with Gasteiger partial charge in [-0.25, -0.2) is 13.4 Å². The second kappa shape index (κ2) is 6.37. The van der Waals surface area contributed by atoms with Crippen LogP contribution < -0.4 is 4.72 Å². The number of hydrogen-bond donors (Lipinski definition) is 2. The molecule has 0 bridgehead atoms. The van der Waals surface area contributed by atoms with Crippen molar-refractivity contribution in [2.45, 2.75) is 11.1 Å². The number of aromatic hydroxyl groups is 1. The smallest absolute Gasteiger partial charge is 0.416 e. The fraction of sp³-hybridized carbons (Fsp3) is 0.0625. The van der Waals surface area contributed by atoms with E-state index in [9.17, 15) is 26.7 Å². The zero-order valence-corrected chi connectivity index (χ0v) is 13.7. The van der Waals surface area contributed by atoms with Crippen molar-refractivity contribution in [3.63, 3.8) is 0 Å². The van der Waals surface area contributed by atoms with Crippen LogP contribution in [0.4, 0.5) is 18.9 Å². The number of rotatable bonds is 4. The zero-order chi connectivity index (χ0) is 18.9. The Morgan fingerprint density at radius 1 is 1.12 bits per heavy atom. The third-order valence-corrected chi connectivity index (χ3v) is 4.75. The van der Waals surface area contributed by atoms with Crippen LogP contribution in [0.15, 0.2) is 64.2 Å². The summed E-state index contributed by atoms with van der Waals surface area (Å²) in [6.07, 6.45) is -2.09. The minimum absolute atomic E-state index is 0.0114. The average molecular weight is 384 g/mol. The minimum atomic E-state index is -4.67. The van der Waals surface area contributed by atoms with E-state index in [-0.39, 0.29) is 22.9 Å². The molecule has 26 heavy (non-hydrogen) atoms. The Balaban J connectivity index is 2.02. The molecule has 3 rings (SSSR count). The summed E-state index contributed by atoms with van der Waals surface area (Å²) >= 11 is 0. The fourth-order valence-electron chi connectivity index (χ4n) is 2.20. The number of nitrogens with zero attached hydrogens (tertiary/aromatic N) is 1. The molecule has 0 saturated heterocycles. The predicted octanol–water partition coefficient (Wildman–Crippen LogP) is 3.87. The SMILES string of the molecule is O=S(=O)(Nc1ccc(O)cc1-c1ncco1)c1cccc(C(F)(F)F)c1. The van der Waals surface area contributed by atoms with Gasteiger partial charge in [-0.05, 0) is 36.4 Å². The van der Waals surface area contributed by atoms with Crippen molar-refractivity contribution >= 4 is 15.7 Å². The van der Waals surface area contributed by atoms with Gasteiger partial charge in [0, 0.05) is 0 Å². The maximum atomic E-state index is 12.8. The summed E-state index contributed by atoms with van der Waals surface area (Å²) in [6, 6.07) is 7.05. The summed E-state index contributed by atoms with van der Waals surface area (Å²) in [4.78, 5) is 3.32. The van der Waals surface area contributed by atoms with Gasteiger partial charge in [0.25, 0.3) is 10.0 Å². The van der Waals surface area contributed by atoms with Crippen molar-refractivity contribution < 1.29 is 31.1 Å². The molecule has 1 heterocycles. The molecule has 0 radical (unpaired) electrons. The van der Waals surface area contributed by atoms with Crippen LogP contribution in [-0.4, -0.2) is 18.5 Å². The number of nitrogens with one attached hydrogen (secondary N) is 1. The van der Waals surface area contributed by atoms with E-state index in [4.69, 9.17) is 4.42 Å². The first-order valence-corrected chi connectivity index (χ1v) is 8.58. The number of anilines is 1. The van der Waals surface area contributed by atoms with Crippen molar-refractivity contribution in [2.24, 2.45) is 0 Å². The Labute approximate surface area is 146 Å². The number of phenols is 1. The van der Waals surface area contributed by atoms with Crippen molar-refractivity contribution in [3.8, 4) is 17.2 Å². The summed E-state index contributed by atoms with van der Waals surface area (Å²) in [7, 11) is -4.32. The van der Waals surface area contributed by atoms with Crippen LogP contribution in [0, 0.1) is 0 Å². The van der Waals surface area contributed by atoms with Crippen LogP contribution in [0.25, 0.3) is 11.5 Å². The molecule has 2 N–H and O–H groups in total. The number of aromatic nitrogens is 1. The number of hydrogen-bond acceptors (Lipinski definition) is 5. The largest absolute Gasteiger partial charge is 0.508 e. The van der Waals surface area contributed by atoms with Crippen LogP contribution in [-0.2, 0) is 16.2 Å². The third-order valence-electron chi connectivity index (χ3n) is 3.38. The van der Waals surface area contributed by atoms with E-state index < -0.39 is 26.7 Å². The van der Waals surface area contributed by atoms with Gasteiger partial charge >= 0.3 is 6.18 Å². The van der Waals surface area contributed by atoms with Crippen LogP contribution in [0.3, 0.4) is 0 Å². The molecule has 0 spiro atoms. The van der Waals surface area contributed by atoms with Gasteiger partial charge in [-0.3, -0.25) is 4.72 Å². The van der Waals surface area contributed by atoms with Crippen LogP contribution in [0.1, 0.15) is 5.56 Å². The summed E-state index contributed by atoms with van der Waals surface area (Å²) in [6.45, 7) is 0. The molecule has 1 aromatic heterocycles. The number of oxazole rings is 1. The standard InChI is InChI=1S/C16H11F3N2O4S/c17-16(18,19)10-2-1-3-12(8-10)26(23,24)21-14-5-4-11(22)9-13(14)15-20-6-7-25-15/h1-9,21-22H. The van der Waals surface area contributed by atoms with Crippen molar-refractivity contribution in [1.82, 2.24) is 4.98 Å². The Hall–Kier alpha value is -3.01. The molecule has 136 valence electrons. The lowest BCUT2D eigenvalue weighted by atomic mass is 10.1. The molecule has 2 aromatic carbocycles. The average Bonchev–Trinajstić information content (AvgIpc) is 3.10. The van der Waals surface area contributed by atoms with Gasteiger partial charge < -0.3 is 9.52 Å². The van der Waals surface area contributed by atoms with Gasteiger partial charge in [-0.1, -0.05) is 6.07 Å². The maximum absolute atomic E-state index is 12.8. The summed E-state index contributed by atoms with van der Waals surface area (Å²) in [5.74, 6) is -0.136. The highest BCUT2D eigenvalue weighted by atomic mass is 32.2. The highest BCUT2D eigenvalue weighted by molar-refractivity contribution is 7.92. The normalized spacial score (nSPS) is 12.1. The molecule has 0 aliphatic carbocycles. The molecule has 3 aromatic rings. The van der Waals surface area contributed by atoms with E-state index >= 15 is 0 Å². The molecule has 10 heteroatoms. The van der Waals surface area contributed by atoms with Crippen LogP contribution in [0.5, 0.6) is 5.75 Å². The van der Waals surface area contributed by atoms with Gasteiger partial charge in [0.2, 0.25) is 5.89 Å². The molecule has 0 atom stereocenters. The van der Waals surface area contributed by atoms with Crippen LogP contribution >= 0.6 is 0 Å². The Morgan fingerprint density at radius 2 is 1.88 bits per heavy atom. The molecule has 0 fully saturated rings. The molecule has 0 amide bonds. The van der Waals surface area contributed by atoms with Gasteiger partial charge in [0.15, 0.2) is 0 Å². The van der Waals surface area contributed by atoms with Gasteiger partial charge in [0.1, 0.15) is 12.0 Å². The predicted molar refractivity (Wildman–Crippen MR) is 85.9 cm³/mol. The lowest BCUT2D eigenvalue weighted by Gasteiger charge is -2.13. The number of phenolic OH excluding ortho intramolecular Hbond substituents is 1. The maximum Gasteiger partial charge on any atom is 0.416 e. The third kappa shape index (κ3) is 3.64. The first kappa shape index (κ1) is 17.8. The van der Waals surface area contributed by atoms with E-state index in [0.29, 0.717) is 6.07 Å². The Kier molecular flexibility index (Phi) is 4.36. The molecule has 6 nitrogen and oxygen atoms in total. The number of alkyl halides is 3. The zero-order valence-electron chi connectivity index (χ0n) is 12.9. The molecule has 0 unspecified atom stereocenters. The molecule has 0 aliphatic heterocycles. The number of benzene rings is 2. The number of sulfonamides is 1. The van der Waals surface area contributed by atoms with Gasteiger partial charge in [0.05, 0.1) is 27.9 Å². The summed E-state index contributed by atoms with van der Waals surface area (Å²) < 4.78 is 70.7. The van der Waals surface area contributed by atoms with E-state index in [1.54, 1.807) is 0 Å². The van der Waals surface area contributed by atoms with E-state index in [1.807, 2.05) is 0 Å². The Bertz CT molecular complexity index is 1030. The van der Waals surface area contributed by atoms with Gasteiger partial charge in [-0.2, -0.15) is 13.2 Å². The quantitative estimate of drug-likeness (QED) is 0.667.